The first-order valence-electron chi connectivity index (χ1n) is 9.64. The Bertz CT molecular complexity index is 791. The van der Waals surface area contributed by atoms with Crippen molar-refractivity contribution in [2.75, 3.05) is 33.4 Å². The van der Waals surface area contributed by atoms with E-state index in [-0.39, 0.29) is 11.9 Å². The van der Waals surface area contributed by atoms with Gasteiger partial charge in [-0.3, -0.25) is 9.69 Å². The van der Waals surface area contributed by atoms with E-state index < -0.39 is 0 Å². The first-order chi connectivity index (χ1) is 13.2. The van der Waals surface area contributed by atoms with Gasteiger partial charge in [-0.15, -0.1) is 0 Å². The first kappa shape index (κ1) is 18.1. The fourth-order valence-electron chi connectivity index (χ4n) is 3.99. The van der Waals surface area contributed by atoms with Gasteiger partial charge < -0.3 is 14.2 Å². The number of likely N-dealkylation sites (tertiary alicyclic amines) is 1. The van der Waals surface area contributed by atoms with Crippen molar-refractivity contribution in [2.24, 2.45) is 0 Å². The van der Waals surface area contributed by atoms with E-state index in [1.807, 2.05) is 4.90 Å². The van der Waals surface area contributed by atoms with Crippen molar-refractivity contribution < 1.29 is 14.1 Å². The Labute approximate surface area is 159 Å². The summed E-state index contributed by atoms with van der Waals surface area (Å²) in [6.07, 6.45) is 3.46. The quantitative estimate of drug-likeness (QED) is 0.774. The SMILES string of the molecule is COCCc1noc([C@@H]2CCCN2C(=O)CN2CCc3ccccc3C2)n1. The molecule has 0 spiro atoms. The Morgan fingerprint density at radius 2 is 2.15 bits per heavy atom. The van der Waals surface area contributed by atoms with Crippen LogP contribution in [-0.4, -0.2) is 59.2 Å². The molecular weight excluding hydrogens is 344 g/mol. The third-order valence-corrected chi connectivity index (χ3v) is 5.44. The number of carbonyl (C=O) groups is 1. The third kappa shape index (κ3) is 4.04. The molecule has 4 rings (SSSR count). The maximum absolute atomic E-state index is 13.0. The summed E-state index contributed by atoms with van der Waals surface area (Å²) in [6, 6.07) is 8.39. The number of fused-ring (bicyclic) bond motifs is 1. The molecule has 7 nitrogen and oxygen atoms in total. The molecule has 1 atom stereocenters. The molecule has 0 bridgehead atoms. The molecule has 2 aliphatic heterocycles. The number of ether oxygens (including phenoxy) is 1. The van der Waals surface area contributed by atoms with Gasteiger partial charge in [-0.05, 0) is 30.4 Å². The van der Waals surface area contributed by atoms with Crippen LogP contribution in [0.2, 0.25) is 0 Å². The molecule has 1 aromatic carbocycles. The summed E-state index contributed by atoms with van der Waals surface area (Å²) in [7, 11) is 1.65. The number of benzene rings is 1. The molecule has 0 aliphatic carbocycles. The van der Waals surface area contributed by atoms with Crippen molar-refractivity contribution in [3.63, 3.8) is 0 Å². The van der Waals surface area contributed by atoms with Crippen molar-refractivity contribution in [3.8, 4) is 0 Å². The van der Waals surface area contributed by atoms with Gasteiger partial charge in [-0.2, -0.15) is 4.98 Å². The lowest BCUT2D eigenvalue weighted by Crippen LogP contribution is -2.42. The standard InChI is InChI=1S/C20H26N4O3/c1-26-12-9-18-21-20(27-22-18)17-7-4-10-24(17)19(25)14-23-11-8-15-5-2-3-6-16(15)13-23/h2-3,5-6,17H,4,7-14H2,1H3/t17-/m0/s1. The average Bonchev–Trinajstić information content (AvgIpc) is 3.35. The molecule has 1 aromatic heterocycles. The second kappa shape index (κ2) is 8.19. The van der Waals surface area contributed by atoms with Crippen LogP contribution in [0.1, 0.15) is 41.7 Å². The predicted octanol–water partition coefficient (Wildman–Crippen LogP) is 1.98. The zero-order valence-corrected chi connectivity index (χ0v) is 15.8. The average molecular weight is 370 g/mol. The van der Waals surface area contributed by atoms with Gasteiger partial charge in [0, 0.05) is 33.2 Å². The van der Waals surface area contributed by atoms with Gasteiger partial charge in [-0.1, -0.05) is 29.4 Å². The third-order valence-electron chi connectivity index (χ3n) is 5.44. The van der Waals surface area contributed by atoms with E-state index in [0.717, 1.165) is 38.9 Å². The number of nitrogens with zero attached hydrogens (tertiary/aromatic N) is 4. The molecule has 1 fully saturated rings. The highest BCUT2D eigenvalue weighted by Gasteiger charge is 2.34. The van der Waals surface area contributed by atoms with Crippen LogP contribution in [-0.2, 0) is 28.9 Å². The zero-order chi connectivity index (χ0) is 18.6. The lowest BCUT2D eigenvalue weighted by atomic mass is 10.00. The summed E-state index contributed by atoms with van der Waals surface area (Å²) in [5, 5.41) is 4.02. The van der Waals surface area contributed by atoms with E-state index in [1.54, 1.807) is 7.11 Å². The molecular formula is C20H26N4O3. The molecule has 2 aliphatic rings. The number of hydrogen-bond donors (Lipinski definition) is 0. The van der Waals surface area contributed by atoms with Crippen molar-refractivity contribution in [2.45, 2.75) is 38.3 Å². The summed E-state index contributed by atoms with van der Waals surface area (Å²) < 4.78 is 10.5. The Balaban J connectivity index is 1.39. The van der Waals surface area contributed by atoms with Crippen LogP contribution in [0.15, 0.2) is 28.8 Å². The highest BCUT2D eigenvalue weighted by molar-refractivity contribution is 5.79. The number of methoxy groups -OCH3 is 1. The highest BCUT2D eigenvalue weighted by atomic mass is 16.5. The van der Waals surface area contributed by atoms with Gasteiger partial charge in [0.2, 0.25) is 11.8 Å². The normalized spacial score (nSPS) is 20.0. The van der Waals surface area contributed by atoms with Crippen LogP contribution >= 0.6 is 0 Å². The zero-order valence-electron chi connectivity index (χ0n) is 15.8. The fourth-order valence-corrected chi connectivity index (χ4v) is 3.99. The van der Waals surface area contributed by atoms with Crippen molar-refractivity contribution in [1.82, 2.24) is 19.9 Å². The smallest absolute Gasteiger partial charge is 0.249 e. The number of carbonyl (C=O) groups excluding carboxylic acids is 1. The van der Waals surface area contributed by atoms with Gasteiger partial charge >= 0.3 is 0 Å². The minimum absolute atomic E-state index is 0.0987. The van der Waals surface area contributed by atoms with E-state index in [9.17, 15) is 4.79 Å². The Morgan fingerprint density at radius 3 is 3.00 bits per heavy atom. The number of hydrogen-bond acceptors (Lipinski definition) is 6. The number of aromatic nitrogens is 2. The lowest BCUT2D eigenvalue weighted by Gasteiger charge is -2.30. The number of amides is 1. The van der Waals surface area contributed by atoms with Gasteiger partial charge in [0.25, 0.3) is 0 Å². The lowest BCUT2D eigenvalue weighted by molar-refractivity contribution is -0.134. The molecule has 0 radical (unpaired) electrons. The van der Waals surface area contributed by atoms with Crippen LogP contribution < -0.4 is 0 Å². The summed E-state index contributed by atoms with van der Waals surface area (Å²) in [6.45, 7) is 3.51. The molecule has 1 saturated heterocycles. The van der Waals surface area contributed by atoms with Gasteiger partial charge in [0.05, 0.1) is 13.2 Å². The molecule has 144 valence electrons. The van der Waals surface area contributed by atoms with E-state index in [4.69, 9.17) is 9.26 Å². The second-order valence-corrected chi connectivity index (χ2v) is 7.27. The maximum atomic E-state index is 13.0. The molecule has 3 heterocycles. The van der Waals surface area contributed by atoms with Crippen LogP contribution in [0.25, 0.3) is 0 Å². The Kier molecular flexibility index (Phi) is 5.50. The summed E-state index contributed by atoms with van der Waals surface area (Å²) >= 11 is 0. The van der Waals surface area contributed by atoms with E-state index in [2.05, 4.69) is 39.3 Å². The largest absolute Gasteiger partial charge is 0.384 e. The summed E-state index contributed by atoms with van der Waals surface area (Å²) in [5.41, 5.74) is 2.73. The van der Waals surface area contributed by atoms with Crippen molar-refractivity contribution >= 4 is 5.91 Å². The van der Waals surface area contributed by atoms with Gasteiger partial charge in [0.1, 0.15) is 6.04 Å². The molecule has 0 unspecified atom stereocenters. The predicted molar refractivity (Wildman–Crippen MR) is 99.0 cm³/mol. The Hall–Kier alpha value is -2.25. The van der Waals surface area contributed by atoms with E-state index in [0.29, 0.717) is 31.3 Å². The van der Waals surface area contributed by atoms with Gasteiger partial charge in [-0.25, -0.2) is 0 Å². The monoisotopic (exact) mass is 370 g/mol. The fraction of sp³-hybridized carbons (Fsp3) is 0.550. The topological polar surface area (TPSA) is 71.7 Å². The van der Waals surface area contributed by atoms with Crippen LogP contribution in [0, 0.1) is 0 Å². The minimum Gasteiger partial charge on any atom is -0.384 e. The molecule has 0 N–H and O–H groups in total. The van der Waals surface area contributed by atoms with Crippen molar-refractivity contribution in [1.29, 1.82) is 0 Å². The van der Waals surface area contributed by atoms with Crippen LogP contribution in [0.3, 0.4) is 0 Å². The van der Waals surface area contributed by atoms with Crippen LogP contribution in [0.4, 0.5) is 0 Å². The molecule has 27 heavy (non-hydrogen) atoms. The molecule has 1 amide bonds. The van der Waals surface area contributed by atoms with E-state index in [1.165, 1.54) is 11.1 Å². The van der Waals surface area contributed by atoms with Crippen molar-refractivity contribution in [3.05, 3.63) is 47.1 Å². The van der Waals surface area contributed by atoms with Gasteiger partial charge in [0.15, 0.2) is 5.82 Å². The summed E-state index contributed by atoms with van der Waals surface area (Å²) in [4.78, 5) is 21.6. The Morgan fingerprint density at radius 1 is 1.30 bits per heavy atom. The number of rotatable bonds is 6. The highest BCUT2D eigenvalue weighted by Crippen LogP contribution is 2.31. The van der Waals surface area contributed by atoms with Crippen LogP contribution in [0.5, 0.6) is 0 Å². The summed E-state index contributed by atoms with van der Waals surface area (Å²) in [5.74, 6) is 1.34. The molecule has 2 aromatic rings. The second-order valence-electron chi connectivity index (χ2n) is 7.27. The maximum Gasteiger partial charge on any atom is 0.249 e. The minimum atomic E-state index is -0.0987. The van der Waals surface area contributed by atoms with E-state index >= 15 is 0 Å². The molecule has 0 saturated carbocycles. The first-order valence-corrected chi connectivity index (χ1v) is 9.64. The molecule has 7 heteroatoms.